The molecule has 0 aliphatic carbocycles. The third-order valence-electron chi connectivity index (χ3n) is 3.21. The van der Waals surface area contributed by atoms with Gasteiger partial charge in [0, 0.05) is 12.2 Å². The summed E-state index contributed by atoms with van der Waals surface area (Å²) in [4.78, 5) is 7.97. The molecule has 0 atom stereocenters. The number of nitrogens with one attached hydrogen (secondary N) is 1. The van der Waals surface area contributed by atoms with Crippen LogP contribution in [0, 0.1) is 6.92 Å². The van der Waals surface area contributed by atoms with Gasteiger partial charge in [0.15, 0.2) is 5.03 Å². The summed E-state index contributed by atoms with van der Waals surface area (Å²) in [7, 11) is -3.76. The van der Waals surface area contributed by atoms with Gasteiger partial charge in [-0.05, 0) is 26.8 Å². The zero-order chi connectivity index (χ0) is 15.9. The van der Waals surface area contributed by atoms with Crippen LogP contribution in [0.1, 0.15) is 25.6 Å². The van der Waals surface area contributed by atoms with Crippen molar-refractivity contribution in [2.45, 2.75) is 31.8 Å². The Kier molecular flexibility index (Phi) is 3.36. The number of anilines is 1. The van der Waals surface area contributed by atoms with Crippen LogP contribution in [0.4, 0.5) is 5.69 Å². The average Bonchev–Trinajstić information content (AvgIpc) is 3.07. The predicted molar refractivity (Wildman–Crippen MR) is 80.0 cm³/mol. The van der Waals surface area contributed by atoms with E-state index >= 15 is 0 Å². The molecular formula is C13H15N5O3S. The smallest absolute Gasteiger partial charge is 0.280 e. The first-order valence-electron chi connectivity index (χ1n) is 6.65. The third kappa shape index (κ3) is 2.54. The summed E-state index contributed by atoms with van der Waals surface area (Å²) in [5.41, 5.74) is 1.34. The van der Waals surface area contributed by atoms with Gasteiger partial charge in [-0.15, -0.1) is 0 Å². The highest BCUT2D eigenvalue weighted by molar-refractivity contribution is 7.92. The molecular weight excluding hydrogens is 306 g/mol. The number of fused-ring (bicyclic) bond motifs is 1. The zero-order valence-electron chi connectivity index (χ0n) is 12.3. The van der Waals surface area contributed by atoms with Gasteiger partial charge in [-0.2, -0.15) is 8.42 Å². The van der Waals surface area contributed by atoms with Crippen LogP contribution in [0.2, 0.25) is 0 Å². The number of sulfonamides is 1. The molecule has 1 N–H and O–H groups in total. The van der Waals surface area contributed by atoms with Crippen LogP contribution < -0.4 is 4.72 Å². The highest BCUT2D eigenvalue weighted by Crippen LogP contribution is 2.21. The quantitative estimate of drug-likeness (QED) is 0.789. The summed E-state index contributed by atoms with van der Waals surface area (Å²) < 4.78 is 33.9. The van der Waals surface area contributed by atoms with Crippen molar-refractivity contribution in [2.75, 3.05) is 4.72 Å². The third-order valence-corrected chi connectivity index (χ3v) is 4.48. The van der Waals surface area contributed by atoms with Crippen molar-refractivity contribution in [3.63, 3.8) is 0 Å². The summed E-state index contributed by atoms with van der Waals surface area (Å²) in [6, 6.07) is 1.76. The lowest BCUT2D eigenvalue weighted by Crippen LogP contribution is -2.13. The van der Waals surface area contributed by atoms with Crippen molar-refractivity contribution in [2.24, 2.45) is 0 Å². The Morgan fingerprint density at radius 2 is 2.09 bits per heavy atom. The van der Waals surface area contributed by atoms with E-state index in [9.17, 15) is 8.42 Å². The Hall–Kier alpha value is -2.42. The topological polar surface area (TPSA) is 103 Å². The summed E-state index contributed by atoms with van der Waals surface area (Å²) in [6.45, 7) is 5.65. The summed E-state index contributed by atoms with van der Waals surface area (Å²) in [5, 5.41) is 4.41. The van der Waals surface area contributed by atoms with Crippen LogP contribution in [0.15, 0.2) is 34.3 Å². The molecule has 3 heterocycles. The Morgan fingerprint density at radius 3 is 2.77 bits per heavy atom. The molecule has 0 unspecified atom stereocenters. The second-order valence-electron chi connectivity index (χ2n) is 5.20. The molecule has 0 saturated heterocycles. The fourth-order valence-electron chi connectivity index (χ4n) is 1.95. The summed E-state index contributed by atoms with van der Waals surface area (Å²) >= 11 is 0. The molecule has 3 rings (SSSR count). The Labute approximate surface area is 127 Å². The van der Waals surface area contributed by atoms with E-state index in [4.69, 9.17) is 4.52 Å². The second-order valence-corrected chi connectivity index (χ2v) is 6.83. The molecule has 3 aromatic rings. The molecule has 0 aromatic carbocycles. The Bertz CT molecular complexity index is 926. The molecule has 3 aromatic heterocycles. The van der Waals surface area contributed by atoms with E-state index in [0.29, 0.717) is 22.5 Å². The number of imidazole rings is 1. The molecule has 0 radical (unpaired) electrons. The normalized spacial score (nSPS) is 12.2. The van der Waals surface area contributed by atoms with Gasteiger partial charge in [-0.25, -0.2) is 9.97 Å². The van der Waals surface area contributed by atoms with Crippen LogP contribution in [0.5, 0.6) is 0 Å². The molecule has 0 amide bonds. The minimum Gasteiger partial charge on any atom is -0.336 e. The van der Waals surface area contributed by atoms with Crippen LogP contribution in [0.3, 0.4) is 0 Å². The van der Waals surface area contributed by atoms with E-state index in [1.54, 1.807) is 17.6 Å². The summed E-state index contributed by atoms with van der Waals surface area (Å²) in [5.74, 6) is 0. The molecule has 0 bridgehead atoms. The van der Waals surface area contributed by atoms with Gasteiger partial charge in [-0.1, -0.05) is 5.16 Å². The van der Waals surface area contributed by atoms with Crippen molar-refractivity contribution < 1.29 is 12.9 Å². The average molecular weight is 321 g/mol. The van der Waals surface area contributed by atoms with Gasteiger partial charge in [-0.3, -0.25) is 4.72 Å². The van der Waals surface area contributed by atoms with Gasteiger partial charge in [0.2, 0.25) is 0 Å². The van der Waals surface area contributed by atoms with Gasteiger partial charge in [0.1, 0.15) is 0 Å². The maximum atomic E-state index is 12.3. The number of aromatic nitrogens is 4. The van der Waals surface area contributed by atoms with Crippen LogP contribution in [0.25, 0.3) is 11.1 Å². The fourth-order valence-corrected chi connectivity index (χ4v) is 2.92. The first-order chi connectivity index (χ1) is 10.4. The first-order valence-corrected chi connectivity index (χ1v) is 8.13. The van der Waals surface area contributed by atoms with Gasteiger partial charge in [0.05, 0.1) is 29.3 Å². The highest BCUT2D eigenvalue weighted by Gasteiger charge is 2.19. The number of pyridine rings is 1. The first kappa shape index (κ1) is 14.5. The fraction of sp³-hybridized carbons (Fsp3) is 0.308. The standard InChI is InChI=1S/C13H15N5O3S/c1-8(2)18-6-12(15-7-18)22(19,20)17-10-4-11-9(3)16-21-13(11)14-5-10/h4-8,17H,1-3H3. The number of hydrogen-bond acceptors (Lipinski definition) is 6. The lowest BCUT2D eigenvalue weighted by Gasteiger charge is -2.06. The van der Waals surface area contributed by atoms with E-state index in [0.717, 1.165) is 0 Å². The number of rotatable bonds is 4. The molecule has 0 aliphatic rings. The maximum absolute atomic E-state index is 12.3. The largest absolute Gasteiger partial charge is 0.336 e. The molecule has 116 valence electrons. The lowest BCUT2D eigenvalue weighted by molar-refractivity contribution is 0.443. The van der Waals surface area contributed by atoms with Crippen molar-refractivity contribution in [3.05, 3.63) is 30.5 Å². The zero-order valence-corrected chi connectivity index (χ0v) is 13.1. The molecule has 0 spiro atoms. The summed E-state index contributed by atoms with van der Waals surface area (Å²) in [6.07, 6.45) is 4.36. The van der Waals surface area contributed by atoms with Gasteiger partial charge in [0.25, 0.3) is 15.7 Å². The lowest BCUT2D eigenvalue weighted by atomic mass is 10.3. The van der Waals surface area contributed by atoms with E-state index in [1.807, 2.05) is 13.8 Å². The van der Waals surface area contributed by atoms with Gasteiger partial charge < -0.3 is 9.09 Å². The predicted octanol–water partition coefficient (Wildman–Crippen LogP) is 2.11. The van der Waals surface area contributed by atoms with Crippen molar-refractivity contribution >= 4 is 26.8 Å². The van der Waals surface area contributed by atoms with E-state index in [-0.39, 0.29) is 11.1 Å². The minimum absolute atomic E-state index is 0.0386. The molecule has 0 aliphatic heterocycles. The van der Waals surface area contributed by atoms with Crippen molar-refractivity contribution in [1.29, 1.82) is 0 Å². The second kappa shape index (κ2) is 5.09. The van der Waals surface area contributed by atoms with E-state index < -0.39 is 10.0 Å². The van der Waals surface area contributed by atoms with Crippen LogP contribution >= 0.6 is 0 Å². The SMILES string of the molecule is Cc1noc2ncc(NS(=O)(=O)c3cn(C(C)C)cn3)cc12. The van der Waals surface area contributed by atoms with E-state index in [1.165, 1.54) is 18.7 Å². The Balaban J connectivity index is 1.93. The van der Waals surface area contributed by atoms with Gasteiger partial charge >= 0.3 is 0 Å². The number of aryl methyl sites for hydroxylation is 1. The van der Waals surface area contributed by atoms with Crippen LogP contribution in [-0.4, -0.2) is 28.1 Å². The molecule has 0 saturated carbocycles. The monoisotopic (exact) mass is 321 g/mol. The van der Waals surface area contributed by atoms with Crippen LogP contribution in [-0.2, 0) is 10.0 Å². The van der Waals surface area contributed by atoms with Crippen molar-refractivity contribution in [1.82, 2.24) is 19.7 Å². The molecule has 9 heteroatoms. The number of nitrogens with zero attached hydrogens (tertiary/aromatic N) is 4. The molecule has 22 heavy (non-hydrogen) atoms. The van der Waals surface area contributed by atoms with Crippen molar-refractivity contribution in [3.8, 4) is 0 Å². The Morgan fingerprint density at radius 1 is 1.32 bits per heavy atom. The van der Waals surface area contributed by atoms with E-state index in [2.05, 4.69) is 19.8 Å². The molecule has 0 fully saturated rings. The number of hydrogen-bond donors (Lipinski definition) is 1. The molecule has 8 nitrogen and oxygen atoms in total. The highest BCUT2D eigenvalue weighted by atomic mass is 32.2. The minimum atomic E-state index is -3.76. The maximum Gasteiger partial charge on any atom is 0.280 e.